The van der Waals surface area contributed by atoms with E-state index in [1.807, 2.05) is 37.5 Å². The van der Waals surface area contributed by atoms with Gasteiger partial charge in [-0.1, -0.05) is 105 Å². The minimum Gasteiger partial charge on any atom is -0.481 e. The van der Waals surface area contributed by atoms with Crippen molar-refractivity contribution in [3.63, 3.8) is 0 Å². The zero-order valence-electron chi connectivity index (χ0n) is 24.7. The summed E-state index contributed by atoms with van der Waals surface area (Å²) in [5.74, 6) is -0.653. The summed E-state index contributed by atoms with van der Waals surface area (Å²) in [5.41, 5.74) is 0. The minimum absolute atomic E-state index is 0. The van der Waals surface area contributed by atoms with Crippen molar-refractivity contribution in [1.82, 2.24) is 9.80 Å². The average Bonchev–Trinajstić information content (AvgIpc) is 2.83. The van der Waals surface area contributed by atoms with Crippen molar-refractivity contribution in [3.05, 3.63) is 0 Å². The van der Waals surface area contributed by atoms with Crippen molar-refractivity contribution >= 4 is 64.3 Å². The maximum Gasteiger partial charge on any atom is 2.00 e. The smallest absolute Gasteiger partial charge is 0.481 e. The Morgan fingerprint density at radius 2 is 0.811 bits per heavy atom. The quantitative estimate of drug-likeness (QED) is 0.0611. The molecule has 0 bridgehead atoms. The van der Waals surface area contributed by atoms with Gasteiger partial charge < -0.3 is 64.6 Å². The molecule has 216 valence electrons. The van der Waals surface area contributed by atoms with Gasteiger partial charge in [-0.15, -0.1) is 0 Å². The van der Waals surface area contributed by atoms with Crippen molar-refractivity contribution in [2.45, 2.75) is 137 Å². The van der Waals surface area contributed by atoms with E-state index in [0.29, 0.717) is 15.1 Å². The molecule has 0 aromatic carbocycles. The van der Waals surface area contributed by atoms with E-state index in [-0.39, 0.29) is 19.5 Å². The van der Waals surface area contributed by atoms with Gasteiger partial charge in [0.15, 0.2) is 0 Å². The van der Waals surface area contributed by atoms with Crippen LogP contribution >= 0.6 is 24.4 Å². The van der Waals surface area contributed by atoms with Crippen LogP contribution in [0.3, 0.4) is 0 Å². The van der Waals surface area contributed by atoms with E-state index in [1.54, 1.807) is 0 Å². The van der Waals surface area contributed by atoms with E-state index in [4.69, 9.17) is 54.8 Å². The van der Waals surface area contributed by atoms with Gasteiger partial charge in [0.25, 0.3) is 0 Å². The molecule has 0 aromatic rings. The van der Waals surface area contributed by atoms with Gasteiger partial charge in [0.1, 0.15) is 0 Å². The molecule has 0 atom stereocenters. The summed E-state index contributed by atoms with van der Waals surface area (Å²) < 4.78 is 1.16. The Bertz CT molecular complexity index is 485. The van der Waals surface area contributed by atoms with E-state index < -0.39 is 5.97 Å². The molecular weight excluding hydrogens is 590 g/mol. The molecule has 0 rings (SSSR count). The van der Waals surface area contributed by atoms with E-state index in [2.05, 4.69) is 6.92 Å². The second-order valence-corrected chi connectivity index (χ2v) is 11.0. The number of thiocarbonyl (C=S) groups is 2. The monoisotopic (exact) mass is 644 g/mol. The van der Waals surface area contributed by atoms with Crippen LogP contribution in [0.25, 0.3) is 0 Å². The fourth-order valence-corrected chi connectivity index (χ4v) is 4.64. The summed E-state index contributed by atoms with van der Waals surface area (Å²) >= 11 is 19.0. The fourth-order valence-electron chi connectivity index (χ4n) is 3.61. The summed E-state index contributed by atoms with van der Waals surface area (Å²) in [6, 6.07) is 0. The van der Waals surface area contributed by atoms with Crippen molar-refractivity contribution < 1.29 is 29.4 Å². The van der Waals surface area contributed by atoms with Crippen molar-refractivity contribution in [2.24, 2.45) is 0 Å². The zero-order valence-corrected chi connectivity index (χ0v) is 31.0. The van der Waals surface area contributed by atoms with E-state index in [1.165, 1.54) is 83.5 Å². The minimum atomic E-state index is -0.653. The molecule has 0 heterocycles. The molecule has 1 N–H and O–H groups in total. The summed E-state index contributed by atoms with van der Waals surface area (Å²) in [7, 11) is 0. The second-order valence-electron chi connectivity index (χ2n) is 8.97. The Labute approximate surface area is 265 Å². The molecule has 0 spiro atoms. The summed E-state index contributed by atoms with van der Waals surface area (Å²) in [4.78, 5) is 14.3. The molecule has 0 saturated carbocycles. The Kier molecular flexibility index (Phi) is 43.5. The Morgan fingerprint density at radius 3 is 0.973 bits per heavy atom. The Morgan fingerprint density at radius 1 is 0.568 bits per heavy atom. The number of carbonyl (C=O) groups is 1. The van der Waals surface area contributed by atoms with Gasteiger partial charge in [-0.25, -0.2) is 0 Å². The molecule has 9 heteroatoms. The first kappa shape index (κ1) is 44.3. The second kappa shape index (κ2) is 36.3. The number of hydrogen-bond donors (Lipinski definition) is 1. The Balaban J connectivity index is -0.000000264. The van der Waals surface area contributed by atoms with Crippen molar-refractivity contribution in [2.75, 3.05) is 26.2 Å². The van der Waals surface area contributed by atoms with Gasteiger partial charge in [0, 0.05) is 32.6 Å². The SMILES string of the molecule is CCCCCCCCCCCCCCCCCC(=O)O.CCN(CC)C(=S)[S-].CCN(CC)C(=S)[S-].[Zn+2]. The van der Waals surface area contributed by atoms with Gasteiger partial charge in [-0.05, 0) is 34.1 Å². The van der Waals surface area contributed by atoms with Gasteiger partial charge in [-0.3, -0.25) is 4.79 Å². The van der Waals surface area contributed by atoms with E-state index in [9.17, 15) is 4.79 Å². The zero-order chi connectivity index (χ0) is 28.0. The first-order chi connectivity index (χ1) is 17.2. The largest absolute Gasteiger partial charge is 2.00 e. The predicted molar refractivity (Wildman–Crippen MR) is 173 cm³/mol. The molecule has 0 aliphatic heterocycles. The summed E-state index contributed by atoms with van der Waals surface area (Å²) in [5, 5.41) is 8.52. The van der Waals surface area contributed by atoms with E-state index >= 15 is 0 Å². The van der Waals surface area contributed by atoms with Crippen LogP contribution in [0.5, 0.6) is 0 Å². The molecule has 0 radical (unpaired) electrons. The Hall–Kier alpha value is 0.313. The van der Waals surface area contributed by atoms with Crippen LogP contribution in [0.1, 0.15) is 137 Å². The maximum absolute atomic E-state index is 10.3. The normalized spacial score (nSPS) is 9.65. The van der Waals surface area contributed by atoms with Gasteiger partial charge in [-0.2, -0.15) is 0 Å². The van der Waals surface area contributed by atoms with Crippen LogP contribution in [-0.2, 0) is 49.5 Å². The molecule has 0 aromatic heterocycles. The number of carboxylic acid groups (broad SMARTS) is 1. The molecule has 37 heavy (non-hydrogen) atoms. The molecule has 0 amide bonds. The van der Waals surface area contributed by atoms with E-state index in [0.717, 1.165) is 39.0 Å². The molecule has 0 aliphatic carbocycles. The fraction of sp³-hybridized carbons (Fsp3) is 0.893. The van der Waals surface area contributed by atoms with Gasteiger partial charge in [0.05, 0.1) is 0 Å². The number of aliphatic carboxylic acids is 1. The third-order valence-electron chi connectivity index (χ3n) is 6.04. The maximum atomic E-state index is 10.3. The number of rotatable bonds is 20. The molecular formula is C28H56N2O2S4Zn. The molecule has 0 aliphatic rings. The average molecular weight is 646 g/mol. The molecule has 0 fully saturated rings. The van der Waals surface area contributed by atoms with Crippen LogP contribution < -0.4 is 0 Å². The number of nitrogens with zero attached hydrogens (tertiary/aromatic N) is 2. The van der Waals surface area contributed by atoms with Crippen LogP contribution in [0.4, 0.5) is 0 Å². The molecule has 0 unspecified atom stereocenters. The first-order valence-electron chi connectivity index (χ1n) is 14.3. The van der Waals surface area contributed by atoms with Crippen LogP contribution in [0.15, 0.2) is 0 Å². The van der Waals surface area contributed by atoms with Crippen molar-refractivity contribution in [3.8, 4) is 0 Å². The van der Waals surface area contributed by atoms with Gasteiger partial charge >= 0.3 is 25.4 Å². The van der Waals surface area contributed by atoms with Crippen LogP contribution in [-0.4, -0.2) is 55.7 Å². The standard InChI is InChI=1S/C18H36O2.2C5H11NS2.Zn/c1-2-3-4-5-6-7-8-9-10-11-12-13-14-15-16-17-18(19)20;2*1-3-6(4-2)5(7)8;/h2-17H2,1H3,(H,19,20);2*3-4H2,1-2H3,(H,7,8);/q;;;+2/p-2. The van der Waals surface area contributed by atoms with Crippen LogP contribution in [0.2, 0.25) is 0 Å². The number of carboxylic acids is 1. The number of hydrogen-bond acceptors (Lipinski definition) is 5. The number of unbranched alkanes of at least 4 members (excludes halogenated alkanes) is 14. The van der Waals surface area contributed by atoms with Crippen molar-refractivity contribution in [1.29, 1.82) is 0 Å². The summed E-state index contributed by atoms with van der Waals surface area (Å²) in [6.45, 7) is 14.2. The topological polar surface area (TPSA) is 43.8 Å². The molecule has 4 nitrogen and oxygen atoms in total. The first-order valence-corrected chi connectivity index (χ1v) is 16.0. The predicted octanol–water partition coefficient (Wildman–Crippen LogP) is 8.65. The molecule has 0 saturated heterocycles. The third-order valence-corrected chi connectivity index (χ3v) is 7.07. The third kappa shape index (κ3) is 38.5. The summed E-state index contributed by atoms with van der Waals surface area (Å²) in [6.07, 6.45) is 20.2. The van der Waals surface area contributed by atoms with Crippen LogP contribution in [0, 0.1) is 0 Å². The van der Waals surface area contributed by atoms with Gasteiger partial charge in [0.2, 0.25) is 0 Å².